The highest BCUT2D eigenvalue weighted by Crippen LogP contribution is 2.58. The summed E-state index contributed by atoms with van der Waals surface area (Å²) in [5.74, 6) is -0.319. The van der Waals surface area contributed by atoms with Gasteiger partial charge in [0.05, 0.1) is 23.3 Å². The molecule has 1 N–H and O–H groups in total. The second-order valence-electron chi connectivity index (χ2n) is 9.98. The molecule has 41 heavy (non-hydrogen) atoms. The minimum Gasteiger partial charge on any atom is -0.493 e. The van der Waals surface area contributed by atoms with Crippen LogP contribution in [0, 0.1) is 0 Å². The molecule has 14 heteroatoms. The zero-order valence-corrected chi connectivity index (χ0v) is 23.5. The molecule has 4 rings (SSSR count). The minimum absolute atomic E-state index is 0.0494. The first-order valence-electron chi connectivity index (χ1n) is 12.7. The van der Waals surface area contributed by atoms with Gasteiger partial charge in [-0.15, -0.1) is 0 Å². The third-order valence-corrected chi connectivity index (χ3v) is 8.04. The number of rotatable bonds is 9. The maximum absolute atomic E-state index is 13.7. The summed E-state index contributed by atoms with van der Waals surface area (Å²) in [4.78, 5) is 26.7. The van der Waals surface area contributed by atoms with E-state index in [1.165, 1.54) is 12.1 Å². The van der Waals surface area contributed by atoms with Crippen LogP contribution in [-0.2, 0) is 33.7 Å². The molecule has 0 saturated carbocycles. The second kappa shape index (κ2) is 11.2. The summed E-state index contributed by atoms with van der Waals surface area (Å²) in [5, 5.41) is 3.19. The number of urea groups is 1. The van der Waals surface area contributed by atoms with Gasteiger partial charge in [-0.3, -0.25) is 9.69 Å². The molecular formula is C27H26Cl2F6N2O4. The largest absolute Gasteiger partial charge is 0.493 e. The SMILES string of the molecule is CCCc1c(OCCCCN2C(=O)NC(C)(c3ccc(Cl)c(Cl)c3)C2=O)ccc2c1COC2(C(F)(F)F)C(F)(F)F. The van der Waals surface area contributed by atoms with Gasteiger partial charge in [0.2, 0.25) is 0 Å². The Morgan fingerprint density at radius 1 is 1.02 bits per heavy atom. The lowest BCUT2D eigenvalue weighted by Gasteiger charge is -2.33. The zero-order chi connectivity index (χ0) is 30.4. The predicted molar refractivity (Wildman–Crippen MR) is 138 cm³/mol. The summed E-state index contributed by atoms with van der Waals surface area (Å²) in [7, 11) is 0. The lowest BCUT2D eigenvalue weighted by atomic mass is 9.87. The molecule has 1 fully saturated rings. The van der Waals surface area contributed by atoms with Crippen molar-refractivity contribution in [2.75, 3.05) is 13.2 Å². The number of unbranched alkanes of at least 4 members (excludes halogenated alkanes) is 1. The van der Waals surface area contributed by atoms with Crippen LogP contribution in [0.1, 0.15) is 55.4 Å². The molecular weight excluding hydrogens is 601 g/mol. The van der Waals surface area contributed by atoms with Gasteiger partial charge in [0.1, 0.15) is 11.3 Å². The number of hydrogen-bond donors (Lipinski definition) is 1. The number of amides is 3. The fourth-order valence-corrected chi connectivity index (χ4v) is 5.47. The number of nitrogens with zero attached hydrogens (tertiary/aromatic N) is 1. The standard InChI is InChI=1S/C27H26Cl2F6N2O4/c1-3-6-16-17-14-41-25(26(30,31)32,27(33,34)35)18(17)8-10-21(16)40-12-5-4-11-37-22(38)24(2,36-23(37)39)15-7-9-19(28)20(29)13-15/h7-10,13H,3-6,11-12,14H2,1-2H3,(H,36,39). The lowest BCUT2D eigenvalue weighted by Crippen LogP contribution is -2.53. The molecule has 2 aromatic rings. The van der Waals surface area contributed by atoms with Crippen molar-refractivity contribution in [1.29, 1.82) is 0 Å². The number of fused-ring (bicyclic) bond motifs is 1. The average molecular weight is 627 g/mol. The van der Waals surface area contributed by atoms with Crippen LogP contribution in [0.4, 0.5) is 31.1 Å². The second-order valence-corrected chi connectivity index (χ2v) is 10.8. The van der Waals surface area contributed by atoms with Crippen molar-refractivity contribution in [2.45, 2.75) is 69.6 Å². The zero-order valence-electron chi connectivity index (χ0n) is 21.9. The highest BCUT2D eigenvalue weighted by atomic mass is 35.5. The summed E-state index contributed by atoms with van der Waals surface area (Å²) in [6.07, 6.45) is -10.1. The van der Waals surface area contributed by atoms with Crippen molar-refractivity contribution < 1.29 is 45.4 Å². The number of ether oxygens (including phenoxy) is 2. The van der Waals surface area contributed by atoms with Gasteiger partial charge in [-0.05, 0) is 55.5 Å². The normalized spacial score (nSPS) is 20.4. The first-order valence-corrected chi connectivity index (χ1v) is 13.5. The number of alkyl halides is 6. The van der Waals surface area contributed by atoms with E-state index in [0.29, 0.717) is 29.8 Å². The quantitative estimate of drug-likeness (QED) is 0.179. The third-order valence-electron chi connectivity index (χ3n) is 7.30. The molecule has 2 heterocycles. The number of carbonyl (C=O) groups excluding carboxylic acids is 2. The highest BCUT2D eigenvalue weighted by Gasteiger charge is 2.75. The molecule has 2 aromatic carbocycles. The number of imide groups is 1. The molecule has 0 aromatic heterocycles. The molecule has 1 saturated heterocycles. The minimum atomic E-state index is -5.71. The molecule has 0 bridgehead atoms. The van der Waals surface area contributed by atoms with E-state index in [4.69, 9.17) is 27.9 Å². The summed E-state index contributed by atoms with van der Waals surface area (Å²) in [5.41, 5.74) is -6.21. The number of benzene rings is 2. The third kappa shape index (κ3) is 5.34. The van der Waals surface area contributed by atoms with Crippen LogP contribution in [0.5, 0.6) is 5.75 Å². The van der Waals surface area contributed by atoms with Gasteiger partial charge in [-0.1, -0.05) is 48.7 Å². The van der Waals surface area contributed by atoms with E-state index in [1.54, 1.807) is 19.9 Å². The van der Waals surface area contributed by atoms with Crippen LogP contribution in [0.3, 0.4) is 0 Å². The molecule has 2 aliphatic heterocycles. The molecule has 0 radical (unpaired) electrons. The van der Waals surface area contributed by atoms with E-state index in [0.717, 1.165) is 17.0 Å². The summed E-state index contributed by atoms with van der Waals surface area (Å²) in [6.45, 7) is 2.54. The maximum Gasteiger partial charge on any atom is 0.430 e. The lowest BCUT2D eigenvalue weighted by molar-refractivity contribution is -0.385. The van der Waals surface area contributed by atoms with Gasteiger partial charge in [0, 0.05) is 17.7 Å². The van der Waals surface area contributed by atoms with Crippen molar-refractivity contribution in [3.8, 4) is 5.75 Å². The topological polar surface area (TPSA) is 67.9 Å². The molecule has 0 spiro atoms. The summed E-state index contributed by atoms with van der Waals surface area (Å²) < 4.78 is 92.5. The van der Waals surface area contributed by atoms with Gasteiger partial charge in [0.15, 0.2) is 0 Å². The van der Waals surface area contributed by atoms with E-state index >= 15 is 0 Å². The van der Waals surface area contributed by atoms with E-state index in [2.05, 4.69) is 10.1 Å². The molecule has 6 nitrogen and oxygen atoms in total. The first-order chi connectivity index (χ1) is 19.1. The van der Waals surface area contributed by atoms with Gasteiger partial charge in [0.25, 0.3) is 11.5 Å². The Morgan fingerprint density at radius 2 is 1.71 bits per heavy atom. The van der Waals surface area contributed by atoms with Crippen molar-refractivity contribution in [2.24, 2.45) is 0 Å². The average Bonchev–Trinajstić information content (AvgIpc) is 3.39. The highest BCUT2D eigenvalue weighted by molar-refractivity contribution is 6.42. The van der Waals surface area contributed by atoms with E-state index in [-0.39, 0.29) is 41.5 Å². The fourth-order valence-electron chi connectivity index (χ4n) is 5.17. The van der Waals surface area contributed by atoms with Gasteiger partial charge in [-0.2, -0.15) is 26.3 Å². The molecule has 224 valence electrons. The van der Waals surface area contributed by atoms with Crippen LogP contribution < -0.4 is 10.1 Å². The van der Waals surface area contributed by atoms with Crippen LogP contribution >= 0.6 is 23.2 Å². The van der Waals surface area contributed by atoms with Crippen molar-refractivity contribution in [3.05, 3.63) is 62.6 Å². The Kier molecular flexibility index (Phi) is 8.52. The molecule has 0 aliphatic carbocycles. The Morgan fingerprint density at radius 3 is 2.32 bits per heavy atom. The van der Waals surface area contributed by atoms with Gasteiger partial charge in [-0.25, -0.2) is 4.79 Å². The van der Waals surface area contributed by atoms with Gasteiger partial charge >= 0.3 is 18.4 Å². The Labute approximate surface area is 241 Å². The van der Waals surface area contributed by atoms with Crippen LogP contribution in [0.15, 0.2) is 30.3 Å². The fraction of sp³-hybridized carbons (Fsp3) is 0.481. The van der Waals surface area contributed by atoms with Crippen LogP contribution in [0.2, 0.25) is 10.0 Å². The Hall–Kier alpha value is -2.70. The Balaban J connectivity index is 1.42. The Bertz CT molecular complexity index is 1340. The number of nitrogens with one attached hydrogen (secondary N) is 1. The van der Waals surface area contributed by atoms with Crippen LogP contribution in [0.25, 0.3) is 0 Å². The first kappa shape index (κ1) is 31.2. The summed E-state index contributed by atoms with van der Waals surface area (Å²) >= 11 is 12.0. The molecule has 3 amide bonds. The smallest absolute Gasteiger partial charge is 0.430 e. The molecule has 1 unspecified atom stereocenters. The van der Waals surface area contributed by atoms with E-state index in [9.17, 15) is 35.9 Å². The summed E-state index contributed by atoms with van der Waals surface area (Å²) in [6, 6.07) is 5.88. The monoisotopic (exact) mass is 626 g/mol. The predicted octanol–water partition coefficient (Wildman–Crippen LogP) is 7.42. The van der Waals surface area contributed by atoms with Gasteiger partial charge < -0.3 is 14.8 Å². The van der Waals surface area contributed by atoms with Crippen molar-refractivity contribution in [3.63, 3.8) is 0 Å². The maximum atomic E-state index is 13.7. The van der Waals surface area contributed by atoms with E-state index < -0.39 is 47.6 Å². The van der Waals surface area contributed by atoms with Crippen molar-refractivity contribution in [1.82, 2.24) is 10.2 Å². The number of hydrogen-bond acceptors (Lipinski definition) is 4. The van der Waals surface area contributed by atoms with Crippen molar-refractivity contribution >= 4 is 35.1 Å². The molecule has 2 aliphatic rings. The van der Waals surface area contributed by atoms with E-state index in [1.807, 2.05) is 0 Å². The molecule has 1 atom stereocenters. The van der Waals surface area contributed by atoms with Crippen LogP contribution in [-0.4, -0.2) is 42.3 Å². The number of halogens is 8. The number of carbonyl (C=O) groups is 2.